The Morgan fingerprint density at radius 2 is 2.20 bits per heavy atom. The Morgan fingerprint density at radius 1 is 1.50 bits per heavy atom. The molecule has 1 aromatic rings. The highest BCUT2D eigenvalue weighted by atomic mass is 19.3. The molecule has 0 fully saturated rings. The number of halogens is 4. The fraction of sp³-hybridized carbons (Fsp3) is 0.727. The number of imidazole rings is 1. The molecule has 0 amide bonds. The lowest BCUT2D eigenvalue weighted by Gasteiger charge is -2.19. The van der Waals surface area contributed by atoms with Crippen LogP contribution in [0.1, 0.15) is 12.2 Å². The maximum atomic E-state index is 12.6. The van der Waals surface area contributed by atoms with Gasteiger partial charge >= 0.3 is 12.3 Å². The maximum absolute atomic E-state index is 12.6. The van der Waals surface area contributed by atoms with Crippen LogP contribution in [-0.2, 0) is 18.2 Å². The quantitative estimate of drug-likeness (QED) is 0.407. The number of hydrazine groups is 1. The summed E-state index contributed by atoms with van der Waals surface area (Å²) in [6.45, 7) is -1.51. The number of hydrogen-bond donors (Lipinski definition) is 2. The summed E-state index contributed by atoms with van der Waals surface area (Å²) in [7, 11) is 1.83. The van der Waals surface area contributed by atoms with Crippen molar-refractivity contribution in [1.82, 2.24) is 15.0 Å². The average Bonchev–Trinajstić information content (AvgIpc) is 2.79. The number of nitrogens with zero attached hydrogens (tertiary/aromatic N) is 2. The zero-order chi connectivity index (χ0) is 15.2. The Bertz CT molecular complexity index is 400. The molecule has 1 aromatic heterocycles. The van der Waals surface area contributed by atoms with Crippen LogP contribution in [0.4, 0.5) is 17.6 Å². The van der Waals surface area contributed by atoms with Crippen LogP contribution in [0.3, 0.4) is 0 Å². The number of aryl methyl sites for hydroxylation is 2. The van der Waals surface area contributed by atoms with Gasteiger partial charge in [-0.15, -0.1) is 0 Å². The number of rotatable bonds is 9. The number of alkyl halides is 4. The van der Waals surface area contributed by atoms with Crippen molar-refractivity contribution in [3.63, 3.8) is 0 Å². The highest BCUT2D eigenvalue weighted by Crippen LogP contribution is 2.22. The predicted molar refractivity (Wildman–Crippen MR) is 64.4 cm³/mol. The van der Waals surface area contributed by atoms with E-state index in [1.807, 2.05) is 11.6 Å². The van der Waals surface area contributed by atoms with Gasteiger partial charge < -0.3 is 9.30 Å². The third-order valence-electron chi connectivity index (χ3n) is 2.81. The van der Waals surface area contributed by atoms with Crippen LogP contribution in [0.2, 0.25) is 0 Å². The van der Waals surface area contributed by atoms with E-state index in [9.17, 15) is 17.6 Å². The second kappa shape index (κ2) is 7.55. The second-order valence-electron chi connectivity index (χ2n) is 4.43. The SMILES string of the molecule is Cn1ccnc1CCC(COCC(F)(F)C(F)F)NN. The molecule has 20 heavy (non-hydrogen) atoms. The Labute approximate surface area is 114 Å². The number of ether oxygens (including phenoxy) is 1. The smallest absolute Gasteiger partial charge is 0.330 e. The van der Waals surface area contributed by atoms with Crippen LogP contribution < -0.4 is 11.3 Å². The van der Waals surface area contributed by atoms with E-state index in [-0.39, 0.29) is 6.61 Å². The lowest BCUT2D eigenvalue weighted by Crippen LogP contribution is -2.41. The van der Waals surface area contributed by atoms with Gasteiger partial charge in [-0.3, -0.25) is 11.3 Å². The molecule has 0 bridgehead atoms. The van der Waals surface area contributed by atoms with Gasteiger partial charge in [0.05, 0.1) is 6.61 Å². The van der Waals surface area contributed by atoms with E-state index in [0.29, 0.717) is 12.8 Å². The molecule has 0 spiro atoms. The monoisotopic (exact) mass is 298 g/mol. The van der Waals surface area contributed by atoms with Crippen molar-refractivity contribution in [1.29, 1.82) is 0 Å². The Kier molecular flexibility index (Phi) is 6.37. The van der Waals surface area contributed by atoms with E-state index in [2.05, 4.69) is 15.1 Å². The minimum atomic E-state index is -4.14. The van der Waals surface area contributed by atoms with Crippen LogP contribution in [0, 0.1) is 0 Å². The Balaban J connectivity index is 2.31. The van der Waals surface area contributed by atoms with Gasteiger partial charge in [-0.05, 0) is 6.42 Å². The van der Waals surface area contributed by atoms with Crippen molar-refractivity contribution in [2.75, 3.05) is 13.2 Å². The molecule has 0 aliphatic heterocycles. The lowest BCUT2D eigenvalue weighted by molar-refractivity contribution is -0.167. The molecule has 0 radical (unpaired) electrons. The first-order valence-corrected chi connectivity index (χ1v) is 6.03. The van der Waals surface area contributed by atoms with Gasteiger partial charge in [-0.1, -0.05) is 0 Å². The fourth-order valence-corrected chi connectivity index (χ4v) is 1.56. The van der Waals surface area contributed by atoms with Crippen LogP contribution in [0.25, 0.3) is 0 Å². The largest absolute Gasteiger partial charge is 0.373 e. The molecule has 1 atom stereocenters. The first-order valence-electron chi connectivity index (χ1n) is 6.03. The lowest BCUT2D eigenvalue weighted by atomic mass is 10.1. The highest BCUT2D eigenvalue weighted by molar-refractivity contribution is 4.91. The summed E-state index contributed by atoms with van der Waals surface area (Å²) in [5.74, 6) is 1.94. The normalized spacial score (nSPS) is 13.9. The fourth-order valence-electron chi connectivity index (χ4n) is 1.56. The van der Waals surface area contributed by atoms with Crippen molar-refractivity contribution in [2.24, 2.45) is 12.9 Å². The summed E-state index contributed by atoms with van der Waals surface area (Å²) in [6.07, 6.45) is 0.730. The predicted octanol–water partition coefficient (Wildman–Crippen LogP) is 1.10. The Morgan fingerprint density at radius 3 is 2.70 bits per heavy atom. The maximum Gasteiger partial charge on any atom is 0.330 e. The summed E-state index contributed by atoms with van der Waals surface area (Å²) in [6, 6.07) is -0.417. The van der Waals surface area contributed by atoms with Crippen molar-refractivity contribution >= 4 is 0 Å². The summed E-state index contributed by atoms with van der Waals surface area (Å²) < 4.78 is 55.5. The molecule has 0 aliphatic carbocycles. The number of hydrogen-bond acceptors (Lipinski definition) is 4. The molecule has 0 aliphatic rings. The van der Waals surface area contributed by atoms with Gasteiger partial charge in [0.2, 0.25) is 0 Å². The first kappa shape index (κ1) is 16.9. The first-order chi connectivity index (χ1) is 9.36. The van der Waals surface area contributed by atoms with Crippen molar-refractivity contribution in [3.05, 3.63) is 18.2 Å². The van der Waals surface area contributed by atoms with Gasteiger partial charge in [0.15, 0.2) is 0 Å². The van der Waals surface area contributed by atoms with Gasteiger partial charge in [0, 0.05) is 31.9 Å². The summed E-state index contributed by atoms with van der Waals surface area (Å²) in [5, 5.41) is 0. The molecule has 0 saturated carbocycles. The molecule has 9 heteroatoms. The standard InChI is InChI=1S/C11H18F4N4O/c1-19-5-4-17-9(19)3-2-8(18-16)6-20-7-11(14,15)10(12)13/h4-5,8,10,18H,2-3,6-7,16H2,1H3. The number of nitrogens with one attached hydrogen (secondary N) is 1. The van der Waals surface area contributed by atoms with E-state index in [1.165, 1.54) is 0 Å². The van der Waals surface area contributed by atoms with Gasteiger partial charge in [-0.2, -0.15) is 8.78 Å². The molecule has 0 aromatic carbocycles. The van der Waals surface area contributed by atoms with Crippen LogP contribution >= 0.6 is 0 Å². The topological polar surface area (TPSA) is 65.1 Å². The molecule has 5 nitrogen and oxygen atoms in total. The molecule has 0 saturated heterocycles. The third kappa shape index (κ3) is 5.06. The van der Waals surface area contributed by atoms with Crippen molar-refractivity contribution in [3.8, 4) is 0 Å². The zero-order valence-corrected chi connectivity index (χ0v) is 11.0. The van der Waals surface area contributed by atoms with Crippen LogP contribution in [-0.4, -0.2) is 41.2 Å². The second-order valence-corrected chi connectivity index (χ2v) is 4.43. The van der Waals surface area contributed by atoms with Gasteiger partial charge in [0.25, 0.3) is 0 Å². The summed E-state index contributed by atoms with van der Waals surface area (Å²) in [5.41, 5.74) is 2.41. The summed E-state index contributed by atoms with van der Waals surface area (Å²) in [4.78, 5) is 4.10. The number of aromatic nitrogens is 2. The number of nitrogens with two attached hydrogens (primary N) is 1. The minimum absolute atomic E-state index is 0.177. The molecular weight excluding hydrogens is 280 g/mol. The molecule has 3 N–H and O–H groups in total. The molecular formula is C11H18F4N4O. The summed E-state index contributed by atoms with van der Waals surface area (Å²) >= 11 is 0. The zero-order valence-electron chi connectivity index (χ0n) is 11.0. The van der Waals surface area contributed by atoms with Crippen LogP contribution in [0.5, 0.6) is 0 Å². The van der Waals surface area contributed by atoms with E-state index in [4.69, 9.17) is 5.84 Å². The van der Waals surface area contributed by atoms with E-state index < -0.39 is 25.0 Å². The molecule has 1 heterocycles. The van der Waals surface area contributed by atoms with Crippen molar-refractivity contribution < 1.29 is 22.3 Å². The average molecular weight is 298 g/mol. The third-order valence-corrected chi connectivity index (χ3v) is 2.81. The van der Waals surface area contributed by atoms with Gasteiger partial charge in [0.1, 0.15) is 12.4 Å². The molecule has 1 rings (SSSR count). The highest BCUT2D eigenvalue weighted by Gasteiger charge is 2.41. The molecule has 1 unspecified atom stereocenters. The Hall–Kier alpha value is -1.19. The van der Waals surface area contributed by atoms with E-state index in [1.54, 1.807) is 12.4 Å². The molecule has 116 valence electrons. The van der Waals surface area contributed by atoms with Crippen molar-refractivity contribution in [2.45, 2.75) is 31.2 Å². The van der Waals surface area contributed by atoms with E-state index >= 15 is 0 Å². The van der Waals surface area contributed by atoms with Crippen LogP contribution in [0.15, 0.2) is 12.4 Å². The van der Waals surface area contributed by atoms with Gasteiger partial charge in [-0.25, -0.2) is 13.8 Å². The minimum Gasteiger partial charge on any atom is -0.373 e. The van der Waals surface area contributed by atoms with E-state index in [0.717, 1.165) is 5.82 Å².